The lowest BCUT2D eigenvalue weighted by Gasteiger charge is -2.30. The number of piperidine rings is 1. The molecule has 8 nitrogen and oxygen atoms in total. The number of sulfonamides is 1. The predicted molar refractivity (Wildman–Crippen MR) is 105 cm³/mol. The summed E-state index contributed by atoms with van der Waals surface area (Å²) in [5, 5.41) is 7.56. The number of rotatable bonds is 6. The molecule has 1 aliphatic heterocycles. The van der Waals surface area contributed by atoms with Crippen molar-refractivity contribution in [1.82, 2.24) is 14.4 Å². The fourth-order valence-electron chi connectivity index (χ4n) is 3.16. The van der Waals surface area contributed by atoms with E-state index in [1.807, 2.05) is 16.8 Å². The van der Waals surface area contributed by atoms with Crippen LogP contribution in [0, 0.1) is 11.7 Å². The average molecular weight is 452 g/mol. The fourth-order valence-corrected chi connectivity index (χ4v) is 5.26. The zero-order valence-electron chi connectivity index (χ0n) is 15.7. The normalized spacial score (nSPS) is 15.9. The van der Waals surface area contributed by atoms with Crippen LogP contribution in [0.25, 0.3) is 11.5 Å². The summed E-state index contributed by atoms with van der Waals surface area (Å²) >= 11 is 1.51. The second kappa shape index (κ2) is 8.62. The maximum atomic E-state index is 13.1. The van der Waals surface area contributed by atoms with Crippen LogP contribution < -0.4 is 0 Å². The van der Waals surface area contributed by atoms with E-state index in [1.54, 1.807) is 0 Å². The van der Waals surface area contributed by atoms with Gasteiger partial charge in [0.2, 0.25) is 15.8 Å². The number of hydrogen-bond acceptors (Lipinski definition) is 8. The van der Waals surface area contributed by atoms with Gasteiger partial charge in [-0.15, -0.1) is 0 Å². The van der Waals surface area contributed by atoms with Crippen LogP contribution in [0.2, 0.25) is 0 Å². The summed E-state index contributed by atoms with van der Waals surface area (Å²) in [6, 6.07) is 6.54. The Morgan fingerprint density at radius 3 is 2.63 bits per heavy atom. The lowest BCUT2D eigenvalue weighted by molar-refractivity contribution is -0.151. The second-order valence-corrected chi connectivity index (χ2v) is 9.49. The van der Waals surface area contributed by atoms with Crippen LogP contribution in [-0.4, -0.2) is 41.9 Å². The number of carbonyl (C=O) groups is 1. The summed E-state index contributed by atoms with van der Waals surface area (Å²) in [6.45, 7) is 0.258. The Labute approximate surface area is 176 Å². The van der Waals surface area contributed by atoms with Crippen molar-refractivity contribution in [3.05, 3.63) is 52.7 Å². The Morgan fingerprint density at radius 2 is 1.97 bits per heavy atom. The van der Waals surface area contributed by atoms with Crippen LogP contribution in [-0.2, 0) is 26.2 Å². The van der Waals surface area contributed by atoms with Gasteiger partial charge in [-0.25, -0.2) is 12.8 Å². The number of carbonyl (C=O) groups excluding carboxylic acids is 1. The third-order valence-corrected chi connectivity index (χ3v) is 7.41. The van der Waals surface area contributed by atoms with Crippen molar-refractivity contribution in [1.29, 1.82) is 0 Å². The lowest BCUT2D eigenvalue weighted by atomic mass is 9.98. The van der Waals surface area contributed by atoms with E-state index in [1.165, 1.54) is 27.8 Å². The van der Waals surface area contributed by atoms with E-state index in [0.29, 0.717) is 18.7 Å². The van der Waals surface area contributed by atoms with Gasteiger partial charge in [0.25, 0.3) is 5.89 Å². The highest BCUT2D eigenvalue weighted by Crippen LogP contribution is 2.25. The highest BCUT2D eigenvalue weighted by atomic mass is 32.2. The molecule has 4 rings (SSSR count). The van der Waals surface area contributed by atoms with Gasteiger partial charge in [-0.1, -0.05) is 5.16 Å². The van der Waals surface area contributed by atoms with E-state index in [4.69, 9.17) is 9.26 Å². The highest BCUT2D eigenvalue weighted by Gasteiger charge is 2.33. The first-order chi connectivity index (χ1) is 14.4. The molecule has 0 saturated carbocycles. The Morgan fingerprint density at radius 1 is 1.23 bits per heavy atom. The van der Waals surface area contributed by atoms with Gasteiger partial charge in [-0.3, -0.25) is 4.79 Å². The molecule has 30 heavy (non-hydrogen) atoms. The number of aromatic nitrogens is 2. The molecule has 0 unspecified atom stereocenters. The van der Waals surface area contributed by atoms with Crippen molar-refractivity contribution >= 4 is 27.3 Å². The molecule has 0 spiro atoms. The summed E-state index contributed by atoms with van der Waals surface area (Å²) in [4.78, 5) is 16.6. The Balaban J connectivity index is 1.29. The first-order valence-corrected chi connectivity index (χ1v) is 11.6. The van der Waals surface area contributed by atoms with Crippen molar-refractivity contribution in [3.8, 4) is 11.5 Å². The van der Waals surface area contributed by atoms with E-state index in [-0.39, 0.29) is 30.4 Å². The summed E-state index contributed by atoms with van der Waals surface area (Å²) in [7, 11) is -3.72. The van der Waals surface area contributed by atoms with Gasteiger partial charge in [0.15, 0.2) is 6.61 Å². The average Bonchev–Trinajstić information content (AvgIpc) is 3.44. The van der Waals surface area contributed by atoms with Crippen LogP contribution in [0.15, 0.2) is 50.5 Å². The Kier molecular flexibility index (Phi) is 5.93. The quantitative estimate of drug-likeness (QED) is 0.531. The zero-order valence-corrected chi connectivity index (χ0v) is 17.4. The number of benzene rings is 1. The summed E-state index contributed by atoms with van der Waals surface area (Å²) < 4.78 is 50.1. The Bertz CT molecular complexity index is 1110. The maximum Gasteiger partial charge on any atom is 0.309 e. The molecule has 0 N–H and O–H groups in total. The number of ether oxygens (including phenoxy) is 1. The molecule has 0 atom stereocenters. The molecule has 158 valence electrons. The molecule has 0 amide bonds. The third kappa shape index (κ3) is 4.42. The van der Waals surface area contributed by atoms with E-state index < -0.39 is 27.7 Å². The van der Waals surface area contributed by atoms with Gasteiger partial charge < -0.3 is 9.26 Å². The fraction of sp³-hybridized carbons (Fsp3) is 0.316. The molecular formula is C19H18FN3O5S2. The molecule has 11 heteroatoms. The molecule has 0 radical (unpaired) electrons. The van der Waals surface area contributed by atoms with E-state index in [9.17, 15) is 17.6 Å². The monoisotopic (exact) mass is 451 g/mol. The van der Waals surface area contributed by atoms with Crippen molar-refractivity contribution < 1.29 is 26.9 Å². The summed E-state index contributed by atoms with van der Waals surface area (Å²) in [6.07, 6.45) is 0.678. The summed E-state index contributed by atoms with van der Waals surface area (Å²) in [5.41, 5.74) is 0.805. The minimum atomic E-state index is -3.72. The molecule has 3 heterocycles. The van der Waals surface area contributed by atoms with Crippen LogP contribution in [0.1, 0.15) is 18.7 Å². The number of hydrogen-bond donors (Lipinski definition) is 0. The topological polar surface area (TPSA) is 103 Å². The first-order valence-electron chi connectivity index (χ1n) is 9.21. The largest absolute Gasteiger partial charge is 0.457 e. The van der Waals surface area contributed by atoms with Crippen LogP contribution >= 0.6 is 11.3 Å². The summed E-state index contributed by atoms with van der Waals surface area (Å²) in [5.74, 6) is -0.703. The van der Waals surface area contributed by atoms with Crippen LogP contribution in [0.4, 0.5) is 4.39 Å². The van der Waals surface area contributed by atoms with Gasteiger partial charge in [0.1, 0.15) is 5.82 Å². The van der Waals surface area contributed by atoms with Gasteiger partial charge >= 0.3 is 5.97 Å². The van der Waals surface area contributed by atoms with Crippen molar-refractivity contribution in [3.63, 3.8) is 0 Å². The van der Waals surface area contributed by atoms with E-state index in [0.717, 1.165) is 17.7 Å². The van der Waals surface area contributed by atoms with Crippen LogP contribution in [0.5, 0.6) is 0 Å². The molecule has 1 aromatic carbocycles. The molecule has 0 aliphatic carbocycles. The van der Waals surface area contributed by atoms with Gasteiger partial charge in [0, 0.05) is 18.5 Å². The maximum absolute atomic E-state index is 13.1. The van der Waals surface area contributed by atoms with Gasteiger partial charge in [0.05, 0.1) is 16.4 Å². The van der Waals surface area contributed by atoms with Gasteiger partial charge in [-0.2, -0.15) is 20.6 Å². The smallest absolute Gasteiger partial charge is 0.309 e. The van der Waals surface area contributed by atoms with E-state index >= 15 is 0 Å². The SMILES string of the molecule is O=C(OCc1noc(-c2ccsc2)n1)C1CCN(S(=O)(=O)c2ccc(F)cc2)CC1. The zero-order chi connectivity index (χ0) is 21.1. The standard InChI is InChI=1S/C19H18FN3O5S2/c20-15-1-3-16(4-2-15)30(25,26)23-8-5-13(6-9-23)19(24)27-11-17-21-18(28-22-17)14-7-10-29-12-14/h1-4,7,10,12-13H,5-6,8-9,11H2. The molecule has 1 fully saturated rings. The van der Waals surface area contributed by atoms with Gasteiger partial charge in [-0.05, 0) is 48.6 Å². The first kappa shape index (κ1) is 20.6. The molecule has 1 saturated heterocycles. The highest BCUT2D eigenvalue weighted by molar-refractivity contribution is 7.89. The molecule has 3 aromatic rings. The lowest BCUT2D eigenvalue weighted by Crippen LogP contribution is -2.40. The van der Waals surface area contributed by atoms with E-state index in [2.05, 4.69) is 10.1 Å². The van der Waals surface area contributed by atoms with Crippen molar-refractivity contribution in [2.45, 2.75) is 24.3 Å². The molecule has 0 bridgehead atoms. The number of halogens is 1. The minimum Gasteiger partial charge on any atom is -0.457 e. The number of nitrogens with zero attached hydrogens (tertiary/aromatic N) is 3. The second-order valence-electron chi connectivity index (χ2n) is 6.77. The molecule has 1 aliphatic rings. The predicted octanol–water partition coefficient (Wildman–Crippen LogP) is 3.08. The van der Waals surface area contributed by atoms with Crippen molar-refractivity contribution in [2.75, 3.05) is 13.1 Å². The molecule has 2 aromatic heterocycles. The van der Waals surface area contributed by atoms with Crippen LogP contribution in [0.3, 0.4) is 0 Å². The van der Waals surface area contributed by atoms with Crippen molar-refractivity contribution in [2.24, 2.45) is 5.92 Å². The minimum absolute atomic E-state index is 0.0310. The third-order valence-electron chi connectivity index (χ3n) is 4.82. The Hall–Kier alpha value is -2.63. The molecular weight excluding hydrogens is 433 g/mol. The number of esters is 1. The number of thiophene rings is 1.